The van der Waals surface area contributed by atoms with Crippen LogP contribution in [0.4, 0.5) is 0 Å². The molecule has 1 aliphatic heterocycles. The molecule has 4 rings (SSSR count). The summed E-state index contributed by atoms with van der Waals surface area (Å²) in [6, 6.07) is 15.9. The number of benzene rings is 1. The van der Waals surface area contributed by atoms with Gasteiger partial charge in [0.15, 0.2) is 0 Å². The van der Waals surface area contributed by atoms with E-state index in [0.717, 1.165) is 21.8 Å². The molecule has 1 aromatic carbocycles. The lowest BCUT2D eigenvalue weighted by atomic mass is 9.89. The molecule has 118 valence electrons. The van der Waals surface area contributed by atoms with Gasteiger partial charge < -0.3 is 10.5 Å². The first-order valence-corrected chi connectivity index (χ1v) is 8.34. The van der Waals surface area contributed by atoms with Gasteiger partial charge >= 0.3 is 0 Å². The third kappa shape index (κ3) is 2.10. The fourth-order valence-corrected chi connectivity index (χ4v) is 3.84. The van der Waals surface area contributed by atoms with E-state index in [-0.39, 0.29) is 11.8 Å². The van der Waals surface area contributed by atoms with Crippen LogP contribution in [-0.2, 0) is 0 Å². The fourth-order valence-electron chi connectivity index (χ4n) is 3.00. The van der Waals surface area contributed by atoms with Crippen LogP contribution in [0.1, 0.15) is 22.1 Å². The van der Waals surface area contributed by atoms with E-state index in [2.05, 4.69) is 11.2 Å². The Kier molecular flexibility index (Phi) is 3.36. The molecule has 24 heavy (non-hydrogen) atoms. The van der Waals surface area contributed by atoms with Gasteiger partial charge in [-0.25, -0.2) is 4.68 Å². The number of nitrogens with zero attached hydrogens (tertiary/aromatic N) is 3. The van der Waals surface area contributed by atoms with Crippen LogP contribution in [0, 0.1) is 18.3 Å². The Balaban J connectivity index is 1.97. The summed E-state index contributed by atoms with van der Waals surface area (Å²) in [5.41, 5.74) is 9.10. The highest BCUT2D eigenvalue weighted by molar-refractivity contribution is 7.10. The van der Waals surface area contributed by atoms with Crippen molar-refractivity contribution >= 4 is 11.3 Å². The second-order valence-corrected chi connectivity index (χ2v) is 6.47. The van der Waals surface area contributed by atoms with E-state index >= 15 is 0 Å². The lowest BCUT2D eigenvalue weighted by molar-refractivity contribution is 0.367. The van der Waals surface area contributed by atoms with E-state index in [1.54, 1.807) is 16.0 Å². The maximum Gasteiger partial charge on any atom is 0.229 e. The number of aryl methyl sites for hydroxylation is 1. The topological polar surface area (TPSA) is 76.9 Å². The molecule has 1 aliphatic rings. The van der Waals surface area contributed by atoms with Crippen molar-refractivity contribution in [3.63, 3.8) is 0 Å². The van der Waals surface area contributed by atoms with Crippen molar-refractivity contribution < 1.29 is 4.74 Å². The van der Waals surface area contributed by atoms with E-state index in [4.69, 9.17) is 10.5 Å². The summed E-state index contributed by atoms with van der Waals surface area (Å²) >= 11 is 1.59. The summed E-state index contributed by atoms with van der Waals surface area (Å²) in [7, 11) is 0. The van der Waals surface area contributed by atoms with E-state index in [1.165, 1.54) is 0 Å². The fraction of sp³-hybridized carbons (Fsp3) is 0.111. The minimum atomic E-state index is -0.240. The van der Waals surface area contributed by atoms with Crippen molar-refractivity contribution in [3.05, 3.63) is 75.4 Å². The molecule has 0 aliphatic carbocycles. The SMILES string of the molecule is Cc1nn(-c2ccccc2)c2c1[C@@H](c1cccs1)C(C#N)=C(N)O2. The van der Waals surface area contributed by atoms with Gasteiger partial charge in [0.05, 0.1) is 22.9 Å². The summed E-state index contributed by atoms with van der Waals surface area (Å²) in [5, 5.41) is 16.2. The van der Waals surface area contributed by atoms with Crippen LogP contribution in [0.25, 0.3) is 5.69 Å². The molecule has 0 amide bonds. The van der Waals surface area contributed by atoms with E-state index in [0.29, 0.717) is 11.5 Å². The minimum absolute atomic E-state index is 0.139. The molecule has 6 heteroatoms. The van der Waals surface area contributed by atoms with Crippen molar-refractivity contribution in [2.24, 2.45) is 5.73 Å². The number of nitriles is 1. The van der Waals surface area contributed by atoms with E-state index in [9.17, 15) is 5.26 Å². The van der Waals surface area contributed by atoms with Crippen LogP contribution in [0.5, 0.6) is 5.88 Å². The third-order valence-corrected chi connectivity index (χ3v) is 5.00. The minimum Gasteiger partial charge on any atom is -0.422 e. The Morgan fingerprint density at radius 1 is 1.25 bits per heavy atom. The van der Waals surface area contributed by atoms with Crippen molar-refractivity contribution in [2.45, 2.75) is 12.8 Å². The van der Waals surface area contributed by atoms with Crippen LogP contribution >= 0.6 is 11.3 Å². The second-order valence-electron chi connectivity index (χ2n) is 5.49. The Hall–Kier alpha value is -3.04. The summed E-state index contributed by atoms with van der Waals surface area (Å²) in [4.78, 5) is 1.05. The first kappa shape index (κ1) is 14.5. The number of hydrogen-bond acceptors (Lipinski definition) is 5. The first-order valence-electron chi connectivity index (χ1n) is 7.46. The van der Waals surface area contributed by atoms with Crippen LogP contribution in [0.15, 0.2) is 59.3 Å². The second kappa shape index (κ2) is 5.55. The lowest BCUT2D eigenvalue weighted by Crippen LogP contribution is -2.21. The normalized spacial score (nSPS) is 16.4. The predicted molar refractivity (Wildman–Crippen MR) is 91.9 cm³/mol. The lowest BCUT2D eigenvalue weighted by Gasteiger charge is -2.23. The number of nitrogens with two attached hydrogens (primary N) is 1. The Bertz CT molecular complexity index is 965. The molecule has 0 unspecified atom stereocenters. The molecular formula is C18H14N4OS. The zero-order valence-electron chi connectivity index (χ0n) is 12.9. The molecule has 2 N–H and O–H groups in total. The van der Waals surface area contributed by atoms with Gasteiger partial charge in [-0.15, -0.1) is 11.3 Å². The Morgan fingerprint density at radius 2 is 2.04 bits per heavy atom. The smallest absolute Gasteiger partial charge is 0.229 e. The highest BCUT2D eigenvalue weighted by Gasteiger charge is 2.36. The number of para-hydroxylation sites is 1. The number of allylic oxidation sites excluding steroid dienone is 1. The quantitative estimate of drug-likeness (QED) is 0.778. The molecule has 3 heterocycles. The summed E-state index contributed by atoms with van der Waals surface area (Å²) in [6.07, 6.45) is 0. The zero-order valence-corrected chi connectivity index (χ0v) is 13.7. The highest BCUT2D eigenvalue weighted by Crippen LogP contribution is 2.45. The van der Waals surface area contributed by atoms with Crippen molar-refractivity contribution in [1.29, 1.82) is 5.26 Å². The number of hydrogen-bond donors (Lipinski definition) is 1. The maximum absolute atomic E-state index is 9.58. The van der Waals surface area contributed by atoms with Gasteiger partial charge in [0.1, 0.15) is 11.6 Å². The standard InChI is InChI=1S/C18H14N4OS/c1-11-15-16(14-8-5-9-24-14)13(10-19)17(20)23-18(15)22(21-11)12-6-3-2-4-7-12/h2-9,16H,20H2,1H3/t16-/m1/s1. The van der Waals surface area contributed by atoms with Gasteiger partial charge in [-0.2, -0.15) is 10.4 Å². The van der Waals surface area contributed by atoms with Crippen molar-refractivity contribution in [1.82, 2.24) is 9.78 Å². The molecule has 2 aromatic heterocycles. The first-order chi connectivity index (χ1) is 11.7. The van der Waals surface area contributed by atoms with Crippen molar-refractivity contribution in [2.75, 3.05) is 0 Å². The molecule has 5 nitrogen and oxygen atoms in total. The predicted octanol–water partition coefficient (Wildman–Crippen LogP) is 3.46. The largest absolute Gasteiger partial charge is 0.422 e. The third-order valence-electron chi connectivity index (χ3n) is 4.06. The molecular weight excluding hydrogens is 320 g/mol. The summed E-state index contributed by atoms with van der Waals surface area (Å²) in [6.45, 7) is 1.93. The monoisotopic (exact) mass is 334 g/mol. The average Bonchev–Trinajstić information content (AvgIpc) is 3.23. The van der Waals surface area contributed by atoms with Crippen molar-refractivity contribution in [3.8, 4) is 17.6 Å². The number of fused-ring (bicyclic) bond motifs is 1. The molecule has 0 bridgehead atoms. The van der Waals surface area contributed by atoms with Gasteiger partial charge in [0.25, 0.3) is 0 Å². The number of thiophene rings is 1. The molecule has 0 saturated carbocycles. The van der Waals surface area contributed by atoms with Gasteiger partial charge in [-0.1, -0.05) is 24.3 Å². The van der Waals surface area contributed by atoms with Gasteiger partial charge in [-0.05, 0) is 30.5 Å². The highest BCUT2D eigenvalue weighted by atomic mass is 32.1. The zero-order chi connectivity index (χ0) is 16.7. The Morgan fingerprint density at radius 3 is 2.71 bits per heavy atom. The molecule has 1 atom stereocenters. The van der Waals surface area contributed by atoms with E-state index in [1.807, 2.05) is 54.8 Å². The molecule has 0 saturated heterocycles. The molecule has 0 radical (unpaired) electrons. The van der Waals surface area contributed by atoms with Crippen LogP contribution in [0.2, 0.25) is 0 Å². The molecule has 0 spiro atoms. The number of rotatable bonds is 2. The molecule has 0 fully saturated rings. The van der Waals surface area contributed by atoms with Crippen LogP contribution in [0.3, 0.4) is 0 Å². The van der Waals surface area contributed by atoms with E-state index < -0.39 is 0 Å². The van der Waals surface area contributed by atoms with Gasteiger partial charge in [0, 0.05) is 4.88 Å². The maximum atomic E-state index is 9.58. The van der Waals surface area contributed by atoms with Crippen LogP contribution < -0.4 is 10.5 Å². The summed E-state index contributed by atoms with van der Waals surface area (Å²) in [5.74, 6) is 0.477. The number of ether oxygens (including phenoxy) is 1. The van der Waals surface area contributed by atoms with Gasteiger partial charge in [-0.3, -0.25) is 0 Å². The Labute approximate surface area is 143 Å². The summed E-state index contributed by atoms with van der Waals surface area (Å²) < 4.78 is 7.55. The van der Waals surface area contributed by atoms with Gasteiger partial charge in [0.2, 0.25) is 11.8 Å². The van der Waals surface area contributed by atoms with Crippen LogP contribution in [-0.4, -0.2) is 9.78 Å². The average molecular weight is 334 g/mol. The number of aromatic nitrogens is 2. The molecule has 3 aromatic rings.